The van der Waals surface area contributed by atoms with E-state index in [0.29, 0.717) is 0 Å². The van der Waals surface area contributed by atoms with Gasteiger partial charge < -0.3 is 0 Å². The summed E-state index contributed by atoms with van der Waals surface area (Å²) in [5.41, 5.74) is -3.43. The number of nitrogens with zero attached hydrogens (tertiary/aromatic N) is 2. The molecule has 8 heteroatoms. The fourth-order valence-corrected chi connectivity index (χ4v) is 3.11. The number of nitriles is 2. The van der Waals surface area contributed by atoms with Gasteiger partial charge in [0.05, 0.1) is 21.9 Å². The van der Waals surface area contributed by atoms with Gasteiger partial charge in [-0.25, -0.2) is 0 Å². The molecule has 0 aliphatic heterocycles. The molecule has 24 heavy (non-hydrogen) atoms. The highest BCUT2D eigenvalue weighted by Crippen LogP contribution is 2.32. The Kier molecular flexibility index (Phi) is 2.41. The third-order valence-electron chi connectivity index (χ3n) is 4.04. The molecule has 4 heterocycles. The fourth-order valence-electron chi connectivity index (χ4n) is 3.11. The van der Waals surface area contributed by atoms with Gasteiger partial charge in [0, 0.05) is 21.5 Å². The van der Waals surface area contributed by atoms with Gasteiger partial charge in [0.15, 0.2) is 0 Å². The number of rotatable bonds is 0. The summed E-state index contributed by atoms with van der Waals surface area (Å²) in [6.07, 6.45) is 0. The lowest BCUT2D eigenvalue weighted by atomic mass is 9.94. The molecule has 0 saturated carbocycles. The number of fused-ring (bicyclic) bond motifs is 6. The molecule has 0 saturated heterocycles. The van der Waals surface area contributed by atoms with Crippen LogP contribution >= 0.6 is 0 Å². The quantitative estimate of drug-likeness (QED) is 0.461. The monoisotopic (exact) mass is 316 g/mol. The molecule has 0 aliphatic carbocycles. The van der Waals surface area contributed by atoms with Crippen LogP contribution in [0.25, 0.3) is 32.3 Å². The molecule has 112 valence electrons. The van der Waals surface area contributed by atoms with E-state index in [-0.39, 0.29) is 43.4 Å². The van der Waals surface area contributed by atoms with Crippen molar-refractivity contribution >= 4 is 32.3 Å². The van der Waals surface area contributed by atoms with E-state index >= 15 is 0 Å². The van der Waals surface area contributed by atoms with Crippen molar-refractivity contribution in [3.05, 3.63) is 64.7 Å². The van der Waals surface area contributed by atoms with Crippen LogP contribution in [0.5, 0.6) is 0 Å². The molecule has 4 aromatic heterocycles. The standard InChI is InChI=1S/C16H4N4O4/c17-3-5-1-7-11-10-6(4-18)2-8(14(22)20-16(10)24)12(11)9(5)15(23)19-13(7)21/h1-2H,(H,19,21,23)(H,20,22,24). The molecular weight excluding hydrogens is 312 g/mol. The van der Waals surface area contributed by atoms with Crippen LogP contribution in [0.3, 0.4) is 0 Å². The van der Waals surface area contributed by atoms with E-state index in [9.17, 15) is 29.7 Å². The Hall–Kier alpha value is -4.04. The molecule has 2 aromatic carbocycles. The maximum Gasteiger partial charge on any atom is 0.260 e. The van der Waals surface area contributed by atoms with Crippen molar-refractivity contribution in [1.82, 2.24) is 9.97 Å². The number of H-pyrrole nitrogens is 2. The van der Waals surface area contributed by atoms with Crippen molar-refractivity contribution in [3.8, 4) is 12.1 Å². The Balaban J connectivity index is 2.73. The third-order valence-corrected chi connectivity index (χ3v) is 4.04. The predicted octanol–water partition coefficient (Wildman–Crippen LogP) is -0.138. The topological polar surface area (TPSA) is 147 Å². The van der Waals surface area contributed by atoms with Gasteiger partial charge in [-0.15, -0.1) is 0 Å². The summed E-state index contributed by atoms with van der Waals surface area (Å²) < 4.78 is 0. The van der Waals surface area contributed by atoms with Crippen LogP contribution in [0.4, 0.5) is 0 Å². The minimum absolute atomic E-state index is 0.0322. The zero-order chi connectivity index (χ0) is 17.2. The average molecular weight is 316 g/mol. The normalized spacial score (nSPS) is 11.1. The predicted molar refractivity (Wildman–Crippen MR) is 84.5 cm³/mol. The van der Waals surface area contributed by atoms with E-state index in [1.54, 1.807) is 0 Å². The van der Waals surface area contributed by atoms with Crippen LogP contribution in [0, 0.1) is 22.7 Å². The molecule has 0 amide bonds. The first-order chi connectivity index (χ1) is 11.5. The third kappa shape index (κ3) is 1.44. The van der Waals surface area contributed by atoms with Crippen LogP contribution in [0.1, 0.15) is 11.1 Å². The van der Waals surface area contributed by atoms with Crippen molar-refractivity contribution in [1.29, 1.82) is 10.5 Å². The number of benzene rings is 2. The van der Waals surface area contributed by atoms with Gasteiger partial charge in [-0.2, -0.15) is 10.5 Å². The van der Waals surface area contributed by atoms with Crippen molar-refractivity contribution in [3.63, 3.8) is 0 Å². The lowest BCUT2D eigenvalue weighted by Crippen LogP contribution is -2.14. The van der Waals surface area contributed by atoms with Crippen molar-refractivity contribution in [2.24, 2.45) is 0 Å². The minimum atomic E-state index is -0.833. The van der Waals surface area contributed by atoms with Crippen LogP contribution < -0.4 is 22.2 Å². The van der Waals surface area contributed by atoms with E-state index < -0.39 is 22.2 Å². The first-order valence-electron chi connectivity index (χ1n) is 6.67. The molecule has 0 spiro atoms. The highest BCUT2D eigenvalue weighted by Gasteiger charge is 2.22. The molecule has 0 atom stereocenters. The van der Waals surface area contributed by atoms with E-state index in [0.717, 1.165) is 0 Å². The second-order valence-electron chi connectivity index (χ2n) is 5.23. The summed E-state index contributed by atoms with van der Waals surface area (Å²) >= 11 is 0. The summed E-state index contributed by atoms with van der Waals surface area (Å²) in [7, 11) is 0. The number of nitrogens with one attached hydrogen (secondary N) is 2. The van der Waals surface area contributed by atoms with Gasteiger partial charge in [-0.1, -0.05) is 0 Å². The first-order valence-corrected chi connectivity index (χ1v) is 6.67. The zero-order valence-electron chi connectivity index (χ0n) is 11.7. The summed E-state index contributed by atoms with van der Waals surface area (Å²) in [5, 5.41) is 18.1. The highest BCUT2D eigenvalue weighted by atomic mass is 16.2. The summed E-state index contributed by atoms with van der Waals surface area (Å²) in [5.74, 6) is 0. The molecule has 0 unspecified atom stereocenters. The molecule has 0 radical (unpaired) electrons. The highest BCUT2D eigenvalue weighted by molar-refractivity contribution is 6.24. The van der Waals surface area contributed by atoms with Gasteiger partial charge in [0.25, 0.3) is 22.2 Å². The Morgan fingerprint density at radius 2 is 1.00 bits per heavy atom. The number of aromatic amines is 2. The van der Waals surface area contributed by atoms with Gasteiger partial charge >= 0.3 is 0 Å². The maximum atomic E-state index is 12.3. The van der Waals surface area contributed by atoms with Crippen LogP contribution in [0.15, 0.2) is 31.3 Å². The second kappa shape index (κ2) is 4.24. The van der Waals surface area contributed by atoms with E-state index in [2.05, 4.69) is 9.97 Å². The average Bonchev–Trinajstić information content (AvgIpc) is 2.86. The summed E-state index contributed by atoms with van der Waals surface area (Å²) in [6.45, 7) is 0. The van der Waals surface area contributed by atoms with E-state index in [1.807, 2.05) is 12.1 Å². The second-order valence-corrected chi connectivity index (χ2v) is 5.23. The number of aromatic nitrogens is 2. The van der Waals surface area contributed by atoms with E-state index in [4.69, 9.17) is 0 Å². The maximum absolute atomic E-state index is 12.3. The van der Waals surface area contributed by atoms with Crippen molar-refractivity contribution in [2.75, 3.05) is 0 Å². The zero-order valence-corrected chi connectivity index (χ0v) is 11.7. The largest absolute Gasteiger partial charge is 0.288 e. The SMILES string of the molecule is N#Cc1cc2c(=O)[nH]c(=O)c1c1c3cc(C#N)c(c(=O)[nH]c3=O)c21. The Morgan fingerprint density at radius 3 is 1.33 bits per heavy atom. The van der Waals surface area contributed by atoms with Gasteiger partial charge in [0.2, 0.25) is 0 Å². The molecule has 8 nitrogen and oxygen atoms in total. The van der Waals surface area contributed by atoms with Crippen LogP contribution in [-0.2, 0) is 0 Å². The number of hydrogen-bond donors (Lipinski definition) is 2. The van der Waals surface area contributed by atoms with Crippen molar-refractivity contribution < 1.29 is 0 Å². The smallest absolute Gasteiger partial charge is 0.260 e. The summed E-state index contributed by atoms with van der Waals surface area (Å²) in [4.78, 5) is 53.3. The molecule has 0 fully saturated rings. The van der Waals surface area contributed by atoms with E-state index in [1.165, 1.54) is 12.1 Å². The van der Waals surface area contributed by atoms with Crippen LogP contribution in [-0.4, -0.2) is 9.97 Å². The molecule has 0 aliphatic rings. The van der Waals surface area contributed by atoms with Gasteiger partial charge in [0.1, 0.15) is 12.1 Å². The Labute approximate surface area is 130 Å². The van der Waals surface area contributed by atoms with Gasteiger partial charge in [-0.05, 0) is 12.1 Å². The molecule has 6 aromatic rings. The number of hydrogen-bond acceptors (Lipinski definition) is 6. The molecule has 2 N–H and O–H groups in total. The molecule has 6 rings (SSSR count). The first kappa shape index (κ1) is 13.6. The van der Waals surface area contributed by atoms with Crippen LogP contribution in [0.2, 0.25) is 0 Å². The molecular formula is C16H4N4O4. The van der Waals surface area contributed by atoms with Gasteiger partial charge in [-0.3, -0.25) is 29.1 Å². The Morgan fingerprint density at radius 1 is 0.625 bits per heavy atom. The lowest BCUT2D eigenvalue weighted by Gasteiger charge is -2.04. The summed E-state index contributed by atoms with van der Waals surface area (Å²) in [6, 6.07) is 6.02. The lowest BCUT2D eigenvalue weighted by molar-refractivity contribution is 1.23. The minimum Gasteiger partial charge on any atom is -0.288 e. The van der Waals surface area contributed by atoms with Crippen molar-refractivity contribution in [2.45, 2.75) is 0 Å². The fraction of sp³-hybridized carbons (Fsp3) is 0. The molecule has 4 bridgehead atoms. The Bertz CT molecular complexity index is 1380.